The molecule has 1 N–H and O–H groups in total. The number of aliphatic hydroxyl groups excluding tert-OH is 1. The molecule has 4 rings (SSSR count). The maximum absolute atomic E-state index is 11.7. The van der Waals surface area contributed by atoms with E-state index in [1.165, 1.54) is 22.4 Å². The Morgan fingerprint density at radius 1 is 0.822 bits per heavy atom. The van der Waals surface area contributed by atoms with Gasteiger partial charge in [-0.2, -0.15) is 6.07 Å². The fourth-order valence-corrected chi connectivity index (χ4v) is 5.18. The van der Waals surface area contributed by atoms with Gasteiger partial charge in [0.1, 0.15) is 0 Å². The van der Waals surface area contributed by atoms with Crippen LogP contribution < -0.4 is 4.74 Å². The molecule has 45 heavy (non-hydrogen) atoms. The topological polar surface area (TPSA) is 72.3 Å². The molecule has 2 heterocycles. The van der Waals surface area contributed by atoms with Crippen LogP contribution in [-0.4, -0.2) is 20.9 Å². The van der Waals surface area contributed by atoms with E-state index in [4.69, 9.17) is 4.74 Å². The summed E-state index contributed by atoms with van der Waals surface area (Å²) in [7, 11) is 0. The number of aromatic nitrogens is 2. The van der Waals surface area contributed by atoms with E-state index in [1.54, 1.807) is 6.20 Å². The number of carbonyl (C=O) groups is 1. The van der Waals surface area contributed by atoms with Crippen molar-refractivity contribution in [2.75, 3.05) is 0 Å². The zero-order valence-corrected chi connectivity index (χ0v) is 31.1. The predicted octanol–water partition coefficient (Wildman–Crippen LogP) is 10.8. The first-order chi connectivity index (χ1) is 20.7. The van der Waals surface area contributed by atoms with Gasteiger partial charge in [0, 0.05) is 55.7 Å². The maximum Gasteiger partial charge on any atom is 0.216 e. The van der Waals surface area contributed by atoms with Gasteiger partial charge in [-0.3, -0.25) is 9.78 Å². The summed E-state index contributed by atoms with van der Waals surface area (Å²) in [5, 5.41) is 14.4. The summed E-state index contributed by atoms with van der Waals surface area (Å²) in [6.45, 7) is 21.2. The maximum atomic E-state index is 11.7. The van der Waals surface area contributed by atoms with Gasteiger partial charge in [-0.25, -0.2) is 4.98 Å². The summed E-state index contributed by atoms with van der Waals surface area (Å²) in [5.74, 6) is 1.74. The molecule has 245 valence electrons. The second-order valence-electron chi connectivity index (χ2n) is 13.6. The molecule has 0 spiro atoms. The van der Waals surface area contributed by atoms with Gasteiger partial charge in [0.2, 0.25) is 5.88 Å². The van der Waals surface area contributed by atoms with Gasteiger partial charge in [-0.05, 0) is 75.7 Å². The molecule has 0 fully saturated rings. The summed E-state index contributed by atoms with van der Waals surface area (Å²) in [6.07, 6.45) is 8.45. The fraction of sp³-hybridized carbons (Fsp3) is 0.462. The number of benzene rings is 2. The number of fused-ring (bicyclic) bond motifs is 3. The molecule has 0 amide bonds. The van der Waals surface area contributed by atoms with Crippen molar-refractivity contribution in [3.63, 3.8) is 0 Å². The van der Waals surface area contributed by atoms with Crippen LogP contribution in [0.2, 0.25) is 0 Å². The standard InChI is InChI=1S/C26H27N2O.C13H24O2.Ir/c1-25(2,3)19-10-9-17-7-8-18-16-28-24(15-22(18)21(17)13-19)29-20-11-12-27-23(14-20)26(4,5)6;1-5-10(6-2)12(14)9-13(15)11(7-3)8-4;/h7-10,12-16H,1-6H3;9-11,14H,5-8H2,1-4H3;/q-1;;/b;12-9-;. The number of nitrogens with zero attached hydrogens (tertiary/aromatic N) is 2. The van der Waals surface area contributed by atoms with Crippen molar-refractivity contribution in [3.8, 4) is 11.6 Å². The van der Waals surface area contributed by atoms with Gasteiger partial charge in [-0.1, -0.05) is 99.7 Å². The molecule has 0 unspecified atom stereocenters. The summed E-state index contributed by atoms with van der Waals surface area (Å²) in [5.41, 5.74) is 2.32. The molecule has 0 aliphatic rings. The zero-order valence-electron chi connectivity index (χ0n) is 28.7. The zero-order chi connectivity index (χ0) is 32.7. The van der Waals surface area contributed by atoms with E-state index in [9.17, 15) is 9.90 Å². The number of pyridine rings is 2. The van der Waals surface area contributed by atoms with Crippen LogP contribution >= 0.6 is 0 Å². The number of hydrogen-bond acceptors (Lipinski definition) is 5. The average Bonchev–Trinajstić information content (AvgIpc) is 2.97. The Bertz CT molecular complexity index is 1590. The monoisotopic (exact) mass is 788 g/mol. The molecular weight excluding hydrogens is 737 g/mol. The van der Waals surface area contributed by atoms with Crippen LogP contribution in [0.5, 0.6) is 11.6 Å². The Morgan fingerprint density at radius 3 is 1.98 bits per heavy atom. The third-order valence-corrected chi connectivity index (χ3v) is 8.30. The van der Waals surface area contributed by atoms with Gasteiger partial charge in [0.15, 0.2) is 5.78 Å². The SMILES string of the molecule is CC(C)(C)c1ccc2ccc3cnc(Oc4[c-]cnc(C(C)(C)C)c4)cc3c2c1.CCC(CC)C(=O)/C=C(\O)C(CC)CC.[Ir]. The third-order valence-electron chi connectivity index (χ3n) is 8.30. The number of allylic oxidation sites excluding steroid dienone is 2. The summed E-state index contributed by atoms with van der Waals surface area (Å²) in [4.78, 5) is 20.6. The largest absolute Gasteiger partial charge is 0.512 e. The van der Waals surface area contributed by atoms with Gasteiger partial charge in [0.25, 0.3) is 0 Å². The van der Waals surface area contributed by atoms with Gasteiger partial charge in [-0.15, -0.1) is 6.07 Å². The van der Waals surface area contributed by atoms with E-state index in [-0.39, 0.29) is 54.3 Å². The first-order valence-electron chi connectivity index (χ1n) is 16.0. The second kappa shape index (κ2) is 16.5. The molecule has 0 saturated heterocycles. The Balaban J connectivity index is 0.000000378. The van der Waals surface area contributed by atoms with E-state index < -0.39 is 0 Å². The summed E-state index contributed by atoms with van der Waals surface area (Å²) >= 11 is 0. The van der Waals surface area contributed by atoms with Crippen molar-refractivity contribution in [2.24, 2.45) is 11.8 Å². The minimum Gasteiger partial charge on any atom is -0.512 e. The van der Waals surface area contributed by atoms with Crippen LogP contribution in [0.15, 0.2) is 66.7 Å². The minimum absolute atomic E-state index is 0. The predicted molar refractivity (Wildman–Crippen MR) is 184 cm³/mol. The van der Waals surface area contributed by atoms with Crippen molar-refractivity contribution in [1.82, 2.24) is 9.97 Å². The van der Waals surface area contributed by atoms with E-state index in [0.29, 0.717) is 11.6 Å². The first-order valence-corrected chi connectivity index (χ1v) is 16.0. The Kier molecular flexibility index (Phi) is 13.9. The minimum atomic E-state index is -0.0520. The first kappa shape index (κ1) is 38.1. The number of hydrogen-bond donors (Lipinski definition) is 1. The molecular formula is C39H51IrN2O3-. The summed E-state index contributed by atoms with van der Waals surface area (Å²) < 4.78 is 6.06. The van der Waals surface area contributed by atoms with Gasteiger partial charge in [0.05, 0.1) is 5.76 Å². The van der Waals surface area contributed by atoms with Gasteiger partial charge >= 0.3 is 0 Å². The third kappa shape index (κ3) is 10.2. The van der Waals surface area contributed by atoms with Crippen LogP contribution in [-0.2, 0) is 35.7 Å². The molecule has 2 aromatic carbocycles. The van der Waals surface area contributed by atoms with E-state index in [0.717, 1.165) is 42.1 Å². The molecule has 6 heteroatoms. The number of aliphatic hydroxyl groups is 1. The number of carbonyl (C=O) groups excluding carboxylic acids is 1. The van der Waals surface area contributed by atoms with E-state index in [2.05, 4.69) is 87.9 Å². The normalized spacial score (nSPS) is 12.2. The fourth-order valence-electron chi connectivity index (χ4n) is 5.18. The molecule has 0 aliphatic heterocycles. The number of ether oxygens (including phenoxy) is 1. The quantitative estimate of drug-likeness (QED) is 0.0792. The van der Waals surface area contributed by atoms with Crippen LogP contribution in [0.3, 0.4) is 0 Å². The Labute approximate surface area is 284 Å². The van der Waals surface area contributed by atoms with Gasteiger partial charge < -0.3 is 9.84 Å². The van der Waals surface area contributed by atoms with Crippen molar-refractivity contribution in [1.29, 1.82) is 0 Å². The number of rotatable bonds is 9. The molecule has 5 nitrogen and oxygen atoms in total. The molecule has 0 atom stereocenters. The molecule has 0 bridgehead atoms. The van der Waals surface area contributed by atoms with Crippen LogP contribution in [0.4, 0.5) is 0 Å². The Morgan fingerprint density at radius 2 is 1.40 bits per heavy atom. The van der Waals surface area contributed by atoms with Crippen molar-refractivity contribution in [3.05, 3.63) is 84.0 Å². The molecule has 2 aromatic heterocycles. The number of ketones is 1. The van der Waals surface area contributed by atoms with Crippen LogP contribution in [0.25, 0.3) is 21.5 Å². The van der Waals surface area contributed by atoms with Crippen molar-refractivity contribution < 1.29 is 34.7 Å². The molecule has 0 aliphatic carbocycles. The van der Waals surface area contributed by atoms with Crippen LogP contribution in [0.1, 0.15) is 106 Å². The smallest absolute Gasteiger partial charge is 0.216 e. The van der Waals surface area contributed by atoms with Crippen molar-refractivity contribution >= 4 is 27.3 Å². The van der Waals surface area contributed by atoms with Crippen molar-refractivity contribution in [2.45, 2.75) is 106 Å². The van der Waals surface area contributed by atoms with E-state index >= 15 is 0 Å². The average molecular weight is 788 g/mol. The second-order valence-corrected chi connectivity index (χ2v) is 13.6. The molecule has 1 radical (unpaired) electrons. The van der Waals surface area contributed by atoms with E-state index in [1.807, 2.05) is 46.0 Å². The Hall–Kier alpha value is -3.08. The molecule has 0 saturated carbocycles. The molecule has 4 aromatic rings. The van der Waals surface area contributed by atoms with Crippen LogP contribution in [0, 0.1) is 17.9 Å². The summed E-state index contributed by atoms with van der Waals surface area (Å²) in [6, 6.07) is 18.0.